The minimum absolute atomic E-state index is 0.0346. The number of thiocarbonyl (C=S) groups is 1. The fourth-order valence-electron chi connectivity index (χ4n) is 2.80. The predicted octanol–water partition coefficient (Wildman–Crippen LogP) is 4.61. The number of nitrogens with one attached hydrogen (secondary N) is 2. The van der Waals surface area contributed by atoms with Crippen molar-refractivity contribution in [2.24, 2.45) is 0 Å². The lowest BCUT2D eigenvalue weighted by molar-refractivity contribution is -0.130. The van der Waals surface area contributed by atoms with Crippen LogP contribution >= 0.6 is 28.1 Å². The van der Waals surface area contributed by atoms with E-state index in [2.05, 4.69) is 40.5 Å². The van der Waals surface area contributed by atoms with E-state index in [0.717, 1.165) is 48.7 Å². The topological polar surface area (TPSA) is 44.4 Å². The summed E-state index contributed by atoms with van der Waals surface area (Å²) in [5.74, 6) is 0.0346. The number of amides is 1. The maximum atomic E-state index is 13.0. The molecule has 2 N–H and O–H groups in total. The smallest absolute Gasteiger partial charge is 0.273 e. The molecule has 1 aliphatic heterocycles. The molecule has 1 aliphatic rings. The molecule has 0 atom stereocenters. The number of rotatable bonds is 8. The third kappa shape index (κ3) is 4.23. The SMILES string of the molecule is CCCCC1(CCCC)NC(=S)N(Nc2ccc(Br)cc2)C1=O. The number of hydrogen-bond acceptors (Lipinski definition) is 3. The van der Waals surface area contributed by atoms with Gasteiger partial charge in [-0.1, -0.05) is 55.5 Å². The molecule has 1 heterocycles. The molecule has 1 aromatic carbocycles. The quantitative estimate of drug-likeness (QED) is 0.628. The number of nitrogens with zero attached hydrogens (tertiary/aromatic N) is 1. The zero-order valence-corrected chi connectivity index (χ0v) is 16.1. The van der Waals surface area contributed by atoms with Crippen LogP contribution in [0.3, 0.4) is 0 Å². The number of halogens is 1. The summed E-state index contributed by atoms with van der Waals surface area (Å²) in [5.41, 5.74) is 3.42. The normalized spacial score (nSPS) is 16.6. The molecule has 0 spiro atoms. The summed E-state index contributed by atoms with van der Waals surface area (Å²) in [6.45, 7) is 4.28. The molecule has 1 aromatic rings. The maximum Gasteiger partial charge on any atom is 0.273 e. The molecule has 0 aromatic heterocycles. The van der Waals surface area contributed by atoms with Crippen molar-refractivity contribution in [3.63, 3.8) is 0 Å². The van der Waals surface area contributed by atoms with Gasteiger partial charge in [-0.25, -0.2) is 0 Å². The van der Waals surface area contributed by atoms with E-state index in [-0.39, 0.29) is 5.91 Å². The highest BCUT2D eigenvalue weighted by Gasteiger charge is 2.48. The highest BCUT2D eigenvalue weighted by molar-refractivity contribution is 9.10. The molecule has 0 saturated carbocycles. The Morgan fingerprint density at radius 2 is 1.74 bits per heavy atom. The van der Waals surface area contributed by atoms with Crippen LogP contribution in [0.2, 0.25) is 0 Å². The second-order valence-electron chi connectivity index (χ2n) is 5.98. The molecule has 1 saturated heterocycles. The molecule has 0 radical (unpaired) electrons. The Bertz CT molecular complexity index is 553. The van der Waals surface area contributed by atoms with Crippen LogP contribution in [-0.2, 0) is 4.79 Å². The fraction of sp³-hybridized carbons (Fsp3) is 0.529. The van der Waals surface area contributed by atoms with Crippen molar-refractivity contribution in [3.05, 3.63) is 28.7 Å². The molecule has 23 heavy (non-hydrogen) atoms. The Morgan fingerprint density at radius 1 is 1.17 bits per heavy atom. The van der Waals surface area contributed by atoms with Gasteiger partial charge in [0.25, 0.3) is 5.91 Å². The van der Waals surface area contributed by atoms with Crippen molar-refractivity contribution in [2.75, 3.05) is 5.43 Å². The van der Waals surface area contributed by atoms with Crippen molar-refractivity contribution in [3.8, 4) is 0 Å². The first-order valence-electron chi connectivity index (χ1n) is 8.21. The van der Waals surface area contributed by atoms with Crippen LogP contribution in [0.25, 0.3) is 0 Å². The summed E-state index contributed by atoms with van der Waals surface area (Å²) in [5, 5.41) is 5.26. The lowest BCUT2D eigenvalue weighted by Gasteiger charge is -2.27. The van der Waals surface area contributed by atoms with Crippen molar-refractivity contribution in [1.29, 1.82) is 0 Å². The van der Waals surface area contributed by atoms with E-state index in [1.54, 1.807) is 0 Å². The number of hydrazine groups is 1. The van der Waals surface area contributed by atoms with Crippen LogP contribution in [0, 0.1) is 0 Å². The Hall–Kier alpha value is -1.14. The third-order valence-electron chi connectivity index (χ3n) is 4.16. The highest BCUT2D eigenvalue weighted by atomic mass is 79.9. The number of carbonyl (C=O) groups excluding carboxylic acids is 1. The average Bonchev–Trinajstić information content (AvgIpc) is 2.78. The van der Waals surface area contributed by atoms with Crippen molar-refractivity contribution >= 4 is 44.9 Å². The van der Waals surface area contributed by atoms with Gasteiger partial charge in [0.1, 0.15) is 5.54 Å². The molecule has 6 heteroatoms. The van der Waals surface area contributed by atoms with E-state index >= 15 is 0 Å². The Balaban J connectivity index is 2.16. The van der Waals surface area contributed by atoms with Crippen LogP contribution in [0.5, 0.6) is 0 Å². The summed E-state index contributed by atoms with van der Waals surface area (Å²) >= 11 is 8.82. The lowest BCUT2D eigenvalue weighted by atomic mass is 9.87. The van der Waals surface area contributed by atoms with Gasteiger partial charge in [-0.3, -0.25) is 10.2 Å². The van der Waals surface area contributed by atoms with Gasteiger partial charge in [0, 0.05) is 4.47 Å². The van der Waals surface area contributed by atoms with Gasteiger partial charge in [-0.2, -0.15) is 5.01 Å². The maximum absolute atomic E-state index is 13.0. The van der Waals surface area contributed by atoms with Gasteiger partial charge in [0.2, 0.25) is 0 Å². The molecular formula is C17H24BrN3OS. The first kappa shape index (κ1) is 18.2. The van der Waals surface area contributed by atoms with Crippen molar-refractivity contribution < 1.29 is 4.79 Å². The minimum Gasteiger partial charge on any atom is -0.346 e. The van der Waals surface area contributed by atoms with Crippen LogP contribution in [0.15, 0.2) is 28.7 Å². The van der Waals surface area contributed by atoms with Gasteiger partial charge in [0.05, 0.1) is 5.69 Å². The molecule has 0 aliphatic carbocycles. The number of anilines is 1. The van der Waals surface area contributed by atoms with Gasteiger partial charge in [-0.05, 0) is 49.3 Å². The fourth-order valence-corrected chi connectivity index (χ4v) is 3.38. The van der Waals surface area contributed by atoms with Gasteiger partial charge in [-0.15, -0.1) is 0 Å². The first-order chi connectivity index (χ1) is 11.0. The Morgan fingerprint density at radius 3 is 2.26 bits per heavy atom. The Labute approximate surface area is 152 Å². The zero-order valence-electron chi connectivity index (χ0n) is 13.7. The molecular weight excluding hydrogens is 374 g/mol. The van der Waals surface area contributed by atoms with Crippen molar-refractivity contribution in [2.45, 2.75) is 57.9 Å². The number of hydrogen-bond donors (Lipinski definition) is 2. The monoisotopic (exact) mass is 397 g/mol. The van der Waals surface area contributed by atoms with E-state index in [1.165, 1.54) is 5.01 Å². The third-order valence-corrected chi connectivity index (χ3v) is 4.97. The van der Waals surface area contributed by atoms with E-state index in [1.807, 2.05) is 24.3 Å². The number of unbranched alkanes of at least 4 members (excludes halogenated alkanes) is 2. The second kappa shape index (κ2) is 8.11. The predicted molar refractivity (Wildman–Crippen MR) is 102 cm³/mol. The van der Waals surface area contributed by atoms with Crippen LogP contribution in [-0.4, -0.2) is 21.6 Å². The molecule has 1 fully saturated rings. The highest BCUT2D eigenvalue weighted by Crippen LogP contribution is 2.30. The van der Waals surface area contributed by atoms with Crippen LogP contribution < -0.4 is 10.7 Å². The molecule has 126 valence electrons. The van der Waals surface area contributed by atoms with Crippen molar-refractivity contribution in [1.82, 2.24) is 10.3 Å². The van der Waals surface area contributed by atoms with E-state index in [4.69, 9.17) is 12.2 Å². The minimum atomic E-state index is -0.550. The summed E-state index contributed by atoms with van der Waals surface area (Å²) in [4.78, 5) is 13.0. The summed E-state index contributed by atoms with van der Waals surface area (Å²) < 4.78 is 0.997. The van der Waals surface area contributed by atoms with Gasteiger partial charge in [0.15, 0.2) is 5.11 Å². The van der Waals surface area contributed by atoms with Gasteiger partial charge < -0.3 is 5.32 Å². The standard InChI is InChI=1S/C17H24BrN3OS/c1-3-5-11-17(12-6-4-2)15(22)21(16(23)19-17)20-14-9-7-13(18)8-10-14/h7-10,20H,3-6,11-12H2,1-2H3,(H,19,23). The summed E-state index contributed by atoms with van der Waals surface area (Å²) in [6.07, 6.45) is 5.79. The molecule has 2 rings (SSSR count). The van der Waals surface area contributed by atoms with Crippen LogP contribution in [0.4, 0.5) is 5.69 Å². The average molecular weight is 398 g/mol. The molecule has 4 nitrogen and oxygen atoms in total. The Kier molecular flexibility index (Phi) is 6.41. The van der Waals surface area contributed by atoms with E-state index in [9.17, 15) is 4.79 Å². The molecule has 0 bridgehead atoms. The largest absolute Gasteiger partial charge is 0.346 e. The van der Waals surface area contributed by atoms with Crippen LogP contribution in [0.1, 0.15) is 52.4 Å². The summed E-state index contributed by atoms with van der Waals surface area (Å²) in [6, 6.07) is 7.69. The lowest BCUT2D eigenvalue weighted by Crippen LogP contribution is -2.47. The van der Waals surface area contributed by atoms with Gasteiger partial charge >= 0.3 is 0 Å². The van der Waals surface area contributed by atoms with E-state index in [0.29, 0.717) is 5.11 Å². The first-order valence-corrected chi connectivity index (χ1v) is 9.41. The molecule has 0 unspecified atom stereocenters. The second-order valence-corrected chi connectivity index (χ2v) is 7.28. The number of carbonyl (C=O) groups is 1. The molecule has 1 amide bonds. The zero-order chi connectivity index (χ0) is 16.9. The number of benzene rings is 1. The van der Waals surface area contributed by atoms with E-state index < -0.39 is 5.54 Å². The summed E-state index contributed by atoms with van der Waals surface area (Å²) in [7, 11) is 0.